The SMILES string of the molecule is CCCCCN1c2oc(Br)cc2SC1C/C=C(\C)CC1SC(=S)N(C)C1=O. The number of anilines is 1. The van der Waals surface area contributed by atoms with Gasteiger partial charge in [-0.25, -0.2) is 0 Å². The van der Waals surface area contributed by atoms with E-state index in [1.54, 1.807) is 11.9 Å². The molecule has 4 nitrogen and oxygen atoms in total. The van der Waals surface area contributed by atoms with Gasteiger partial charge in [0.1, 0.15) is 4.32 Å². The first-order valence-corrected chi connectivity index (χ1v) is 12.2. The number of thiocarbonyl (C=S) groups is 1. The number of unbranched alkanes of at least 4 members (excludes halogenated alkanes) is 2. The highest BCUT2D eigenvalue weighted by molar-refractivity contribution is 9.10. The van der Waals surface area contributed by atoms with Crippen LogP contribution in [0.2, 0.25) is 0 Å². The molecule has 1 amide bonds. The topological polar surface area (TPSA) is 36.7 Å². The average molecular weight is 490 g/mol. The molecule has 148 valence electrons. The van der Waals surface area contributed by atoms with Crippen LogP contribution in [0.3, 0.4) is 0 Å². The zero-order valence-electron chi connectivity index (χ0n) is 15.9. The third-order valence-electron chi connectivity index (χ3n) is 4.82. The molecule has 3 rings (SSSR count). The molecule has 1 aromatic heterocycles. The fraction of sp³-hybridized carbons (Fsp3) is 0.579. The Labute approximate surface area is 183 Å². The molecule has 1 aromatic rings. The van der Waals surface area contributed by atoms with Crippen LogP contribution in [-0.2, 0) is 4.79 Å². The van der Waals surface area contributed by atoms with Gasteiger partial charge in [-0.15, -0.1) is 0 Å². The fourth-order valence-electron chi connectivity index (χ4n) is 3.28. The van der Waals surface area contributed by atoms with Crippen molar-refractivity contribution in [1.29, 1.82) is 0 Å². The molecule has 0 saturated carbocycles. The van der Waals surface area contributed by atoms with Crippen LogP contribution in [0.4, 0.5) is 5.88 Å². The van der Waals surface area contributed by atoms with Crippen molar-refractivity contribution in [2.45, 2.75) is 61.5 Å². The number of fused-ring (bicyclic) bond motifs is 1. The van der Waals surface area contributed by atoms with Crippen LogP contribution < -0.4 is 4.90 Å². The fourth-order valence-corrected chi connectivity index (χ4v) is 6.60. The lowest BCUT2D eigenvalue weighted by Gasteiger charge is -2.24. The molecule has 0 N–H and O–H groups in total. The quantitative estimate of drug-likeness (QED) is 0.251. The number of amides is 1. The molecule has 0 aromatic carbocycles. The molecular formula is C19H25BrN2O2S3. The van der Waals surface area contributed by atoms with Crippen molar-refractivity contribution in [2.75, 3.05) is 18.5 Å². The summed E-state index contributed by atoms with van der Waals surface area (Å²) in [4.78, 5) is 17.4. The van der Waals surface area contributed by atoms with Gasteiger partial charge in [0.15, 0.2) is 4.67 Å². The highest BCUT2D eigenvalue weighted by Crippen LogP contribution is 2.48. The molecular weight excluding hydrogens is 464 g/mol. The van der Waals surface area contributed by atoms with Gasteiger partial charge in [-0.1, -0.05) is 67.2 Å². The Bertz CT molecular complexity index is 749. The third kappa shape index (κ3) is 4.95. The molecule has 1 saturated heterocycles. The van der Waals surface area contributed by atoms with Gasteiger partial charge < -0.3 is 9.32 Å². The summed E-state index contributed by atoms with van der Waals surface area (Å²) < 4.78 is 7.36. The highest BCUT2D eigenvalue weighted by atomic mass is 79.9. The second-order valence-corrected chi connectivity index (χ2v) is 10.8. The number of allylic oxidation sites excluding steroid dienone is 1. The van der Waals surface area contributed by atoms with E-state index in [9.17, 15) is 4.79 Å². The molecule has 2 aliphatic rings. The zero-order valence-corrected chi connectivity index (χ0v) is 19.9. The Hall–Kier alpha value is -0.440. The van der Waals surface area contributed by atoms with E-state index in [-0.39, 0.29) is 11.2 Å². The molecule has 8 heteroatoms. The molecule has 2 aliphatic heterocycles. The summed E-state index contributed by atoms with van der Waals surface area (Å²) in [6.07, 6.45) is 7.59. The van der Waals surface area contributed by atoms with Crippen LogP contribution in [0, 0.1) is 0 Å². The van der Waals surface area contributed by atoms with E-state index >= 15 is 0 Å². The maximum Gasteiger partial charge on any atom is 0.241 e. The number of hydrogen-bond donors (Lipinski definition) is 0. The number of rotatable bonds is 8. The van der Waals surface area contributed by atoms with Crippen LogP contribution in [0.15, 0.2) is 31.7 Å². The number of furan rings is 1. The standard InChI is InChI=1S/C19H25BrN2O2S3/c1-4-5-6-9-22-16(26-14-11-15(20)24-18(14)22)8-7-12(2)10-13-17(23)21(3)19(25)27-13/h7,11,13,16H,4-6,8-10H2,1-3H3/b12-7+. The summed E-state index contributed by atoms with van der Waals surface area (Å²) in [5, 5.41) is 0.287. The number of thioether (sulfide) groups is 2. The summed E-state index contributed by atoms with van der Waals surface area (Å²) in [5.74, 6) is 1.12. The van der Waals surface area contributed by atoms with Crippen molar-refractivity contribution < 1.29 is 9.21 Å². The van der Waals surface area contributed by atoms with Crippen molar-refractivity contribution in [3.63, 3.8) is 0 Å². The summed E-state index contributed by atoms with van der Waals surface area (Å²) in [5.41, 5.74) is 1.25. The van der Waals surface area contributed by atoms with Gasteiger partial charge in [-0.2, -0.15) is 0 Å². The van der Waals surface area contributed by atoms with E-state index in [1.165, 1.54) is 41.5 Å². The van der Waals surface area contributed by atoms with Gasteiger partial charge in [0, 0.05) is 19.7 Å². The maximum absolute atomic E-state index is 12.2. The molecule has 1 fully saturated rings. The molecule has 0 radical (unpaired) electrons. The third-order valence-corrected chi connectivity index (χ3v) is 8.17. The Kier molecular flexibility index (Phi) is 7.38. The van der Waals surface area contributed by atoms with Gasteiger partial charge in [-0.3, -0.25) is 9.69 Å². The van der Waals surface area contributed by atoms with Crippen LogP contribution >= 0.6 is 51.7 Å². The summed E-state index contributed by atoms with van der Waals surface area (Å²) >= 11 is 12.0. The van der Waals surface area contributed by atoms with E-state index in [1.807, 2.05) is 11.8 Å². The maximum atomic E-state index is 12.2. The van der Waals surface area contributed by atoms with Crippen LogP contribution in [0.5, 0.6) is 0 Å². The molecule has 3 heterocycles. The van der Waals surface area contributed by atoms with E-state index in [0.29, 0.717) is 9.69 Å². The van der Waals surface area contributed by atoms with Crippen molar-refractivity contribution in [1.82, 2.24) is 4.90 Å². The van der Waals surface area contributed by atoms with Crippen LogP contribution in [-0.4, -0.2) is 39.3 Å². The van der Waals surface area contributed by atoms with Crippen molar-refractivity contribution in [2.24, 2.45) is 0 Å². The first kappa shape index (κ1) is 21.3. The normalized spacial score (nSPS) is 22.9. The Morgan fingerprint density at radius 3 is 2.85 bits per heavy atom. The van der Waals surface area contributed by atoms with Gasteiger partial charge in [0.2, 0.25) is 11.8 Å². The number of nitrogens with zero attached hydrogens (tertiary/aromatic N) is 2. The highest BCUT2D eigenvalue weighted by Gasteiger charge is 2.35. The van der Waals surface area contributed by atoms with Gasteiger partial charge >= 0.3 is 0 Å². The van der Waals surface area contributed by atoms with E-state index in [0.717, 1.165) is 29.9 Å². The van der Waals surface area contributed by atoms with Gasteiger partial charge in [-0.05, 0) is 42.1 Å². The molecule has 2 atom stereocenters. The lowest BCUT2D eigenvalue weighted by Crippen LogP contribution is -2.30. The second-order valence-electron chi connectivity index (χ2n) is 6.95. The Balaban J connectivity index is 1.61. The lowest BCUT2D eigenvalue weighted by molar-refractivity contribution is -0.125. The molecule has 0 aliphatic carbocycles. The van der Waals surface area contributed by atoms with Gasteiger partial charge in [0.25, 0.3) is 0 Å². The van der Waals surface area contributed by atoms with E-state index in [2.05, 4.69) is 46.8 Å². The lowest BCUT2D eigenvalue weighted by atomic mass is 10.1. The first-order chi connectivity index (χ1) is 12.9. The van der Waals surface area contributed by atoms with Crippen molar-refractivity contribution >= 4 is 67.8 Å². The minimum atomic E-state index is -0.0685. The van der Waals surface area contributed by atoms with Crippen LogP contribution in [0.25, 0.3) is 0 Å². The Morgan fingerprint density at radius 2 is 2.19 bits per heavy atom. The number of hydrogen-bond acceptors (Lipinski definition) is 6. The van der Waals surface area contributed by atoms with E-state index < -0.39 is 0 Å². The van der Waals surface area contributed by atoms with Crippen LogP contribution in [0.1, 0.15) is 46.0 Å². The smallest absolute Gasteiger partial charge is 0.241 e. The Morgan fingerprint density at radius 1 is 1.41 bits per heavy atom. The molecule has 27 heavy (non-hydrogen) atoms. The molecule has 0 spiro atoms. The number of carbonyl (C=O) groups excluding carboxylic acids is 1. The van der Waals surface area contributed by atoms with E-state index in [4.69, 9.17) is 16.6 Å². The van der Waals surface area contributed by atoms with Crippen molar-refractivity contribution in [3.8, 4) is 0 Å². The zero-order chi connectivity index (χ0) is 19.6. The monoisotopic (exact) mass is 488 g/mol. The summed E-state index contributed by atoms with van der Waals surface area (Å²) in [7, 11) is 1.76. The average Bonchev–Trinajstić information content (AvgIpc) is 3.21. The first-order valence-electron chi connectivity index (χ1n) is 9.27. The largest absolute Gasteiger partial charge is 0.433 e. The van der Waals surface area contributed by atoms with Gasteiger partial charge in [0.05, 0.1) is 15.5 Å². The second kappa shape index (κ2) is 9.37. The number of halogens is 1. The predicted molar refractivity (Wildman–Crippen MR) is 123 cm³/mol. The van der Waals surface area contributed by atoms with Crippen molar-refractivity contribution in [3.05, 3.63) is 22.4 Å². The predicted octanol–water partition coefficient (Wildman–Crippen LogP) is 6.06. The minimum absolute atomic E-state index is 0.0685. The minimum Gasteiger partial charge on any atom is -0.433 e. The molecule has 0 bridgehead atoms. The summed E-state index contributed by atoms with van der Waals surface area (Å²) in [6, 6.07) is 2.06. The molecule has 2 unspecified atom stereocenters. The number of carbonyl (C=O) groups is 1. The summed E-state index contributed by atoms with van der Waals surface area (Å²) in [6.45, 7) is 5.36.